The highest BCUT2D eigenvalue weighted by Gasteiger charge is 2.22. The first-order chi connectivity index (χ1) is 15.9. The number of rotatable bonds is 5. The van der Waals surface area contributed by atoms with Crippen LogP contribution in [0.4, 0.5) is 17.1 Å². The van der Waals surface area contributed by atoms with Crippen molar-refractivity contribution in [1.29, 1.82) is 0 Å². The van der Waals surface area contributed by atoms with Gasteiger partial charge >= 0.3 is 0 Å². The van der Waals surface area contributed by atoms with Crippen molar-refractivity contribution in [2.24, 2.45) is 0 Å². The summed E-state index contributed by atoms with van der Waals surface area (Å²) in [6, 6.07) is 14.4. The number of amides is 2. The number of hydrogen-bond acceptors (Lipinski definition) is 6. The summed E-state index contributed by atoms with van der Waals surface area (Å²) in [7, 11) is 0. The van der Waals surface area contributed by atoms with Crippen molar-refractivity contribution < 1.29 is 14.5 Å². The molecule has 1 aliphatic rings. The lowest BCUT2D eigenvalue weighted by Gasteiger charge is -2.36. The molecule has 168 valence electrons. The molecule has 1 saturated heterocycles. The van der Waals surface area contributed by atoms with Gasteiger partial charge in [-0.1, -0.05) is 11.6 Å². The van der Waals surface area contributed by atoms with Gasteiger partial charge in [0.05, 0.1) is 15.5 Å². The summed E-state index contributed by atoms with van der Waals surface area (Å²) >= 11 is 6.04. The van der Waals surface area contributed by atoms with Gasteiger partial charge in [-0.25, -0.2) is 0 Å². The number of aromatic nitrogens is 1. The molecule has 1 aliphatic heterocycles. The maximum Gasteiger partial charge on any atom is 0.270 e. The minimum atomic E-state index is -0.577. The van der Waals surface area contributed by atoms with E-state index in [0.29, 0.717) is 37.4 Å². The number of carbonyl (C=O) groups is 2. The summed E-state index contributed by atoms with van der Waals surface area (Å²) in [5, 5.41) is 13.8. The van der Waals surface area contributed by atoms with Gasteiger partial charge in [0, 0.05) is 67.6 Å². The molecule has 0 aliphatic carbocycles. The molecular formula is C23H20ClN5O4. The van der Waals surface area contributed by atoms with Crippen LogP contribution >= 0.6 is 11.6 Å². The van der Waals surface area contributed by atoms with Crippen LogP contribution < -0.4 is 10.2 Å². The zero-order valence-electron chi connectivity index (χ0n) is 17.5. The molecule has 1 N–H and O–H groups in total. The van der Waals surface area contributed by atoms with E-state index in [1.54, 1.807) is 36.7 Å². The van der Waals surface area contributed by atoms with Crippen molar-refractivity contribution in [3.05, 3.63) is 93.3 Å². The van der Waals surface area contributed by atoms with Crippen LogP contribution in [-0.2, 0) is 0 Å². The number of pyridine rings is 1. The first-order valence-electron chi connectivity index (χ1n) is 10.2. The number of anilines is 2. The zero-order valence-corrected chi connectivity index (χ0v) is 18.2. The SMILES string of the molecule is O=C(Nc1ccc(N2CCN(C(=O)c3ccncc3)CC2)cc1)c1cc([N+](=O)[O-])ccc1Cl. The molecular weight excluding hydrogens is 446 g/mol. The molecule has 9 nitrogen and oxygen atoms in total. The van der Waals surface area contributed by atoms with Gasteiger partial charge in [0.15, 0.2) is 0 Å². The summed E-state index contributed by atoms with van der Waals surface area (Å²) in [6.07, 6.45) is 3.22. The van der Waals surface area contributed by atoms with E-state index >= 15 is 0 Å². The fourth-order valence-electron chi connectivity index (χ4n) is 3.60. The number of nitrogens with one attached hydrogen (secondary N) is 1. The fourth-order valence-corrected chi connectivity index (χ4v) is 3.80. The Labute approximate surface area is 194 Å². The highest BCUT2D eigenvalue weighted by molar-refractivity contribution is 6.34. The summed E-state index contributed by atoms with van der Waals surface area (Å²) in [4.78, 5) is 43.4. The van der Waals surface area contributed by atoms with E-state index in [-0.39, 0.29) is 22.2 Å². The lowest BCUT2D eigenvalue weighted by atomic mass is 10.1. The van der Waals surface area contributed by atoms with E-state index in [1.165, 1.54) is 12.1 Å². The van der Waals surface area contributed by atoms with E-state index in [9.17, 15) is 19.7 Å². The van der Waals surface area contributed by atoms with Crippen molar-refractivity contribution in [2.45, 2.75) is 0 Å². The minimum absolute atomic E-state index is 0.00470. The number of carbonyl (C=O) groups excluding carboxylic acids is 2. The number of hydrogen-bond donors (Lipinski definition) is 1. The number of nitro benzene ring substituents is 1. The van der Waals surface area contributed by atoms with Gasteiger partial charge in [-0.15, -0.1) is 0 Å². The van der Waals surface area contributed by atoms with Gasteiger partial charge in [0.1, 0.15) is 0 Å². The molecule has 1 fully saturated rings. The number of halogens is 1. The van der Waals surface area contributed by atoms with E-state index < -0.39 is 10.8 Å². The van der Waals surface area contributed by atoms with Crippen molar-refractivity contribution >= 4 is 40.5 Å². The van der Waals surface area contributed by atoms with Crippen LogP contribution in [0.2, 0.25) is 5.02 Å². The summed E-state index contributed by atoms with van der Waals surface area (Å²) in [5.74, 6) is -0.533. The van der Waals surface area contributed by atoms with Crippen molar-refractivity contribution in [1.82, 2.24) is 9.88 Å². The monoisotopic (exact) mass is 465 g/mol. The van der Waals surface area contributed by atoms with Crippen LogP contribution in [0.3, 0.4) is 0 Å². The smallest absolute Gasteiger partial charge is 0.270 e. The van der Waals surface area contributed by atoms with E-state index in [4.69, 9.17) is 11.6 Å². The number of nitrogens with zero attached hydrogens (tertiary/aromatic N) is 4. The Morgan fingerprint density at radius 3 is 2.27 bits per heavy atom. The summed E-state index contributed by atoms with van der Waals surface area (Å²) < 4.78 is 0. The lowest BCUT2D eigenvalue weighted by Crippen LogP contribution is -2.48. The second kappa shape index (κ2) is 9.66. The highest BCUT2D eigenvalue weighted by Crippen LogP contribution is 2.24. The van der Waals surface area contributed by atoms with Crippen molar-refractivity contribution in [3.8, 4) is 0 Å². The number of piperazine rings is 1. The molecule has 0 saturated carbocycles. The Morgan fingerprint density at radius 1 is 0.970 bits per heavy atom. The number of non-ortho nitro benzene ring substituents is 1. The Kier molecular flexibility index (Phi) is 6.50. The number of nitro groups is 1. The molecule has 3 aromatic rings. The lowest BCUT2D eigenvalue weighted by molar-refractivity contribution is -0.384. The largest absolute Gasteiger partial charge is 0.368 e. The van der Waals surface area contributed by atoms with Gasteiger partial charge < -0.3 is 15.1 Å². The van der Waals surface area contributed by atoms with Crippen LogP contribution in [-0.4, -0.2) is 52.8 Å². The van der Waals surface area contributed by atoms with E-state index in [1.807, 2.05) is 17.0 Å². The molecule has 10 heteroatoms. The predicted molar refractivity (Wildman–Crippen MR) is 125 cm³/mol. The van der Waals surface area contributed by atoms with Crippen LogP contribution in [0.15, 0.2) is 67.0 Å². The topological polar surface area (TPSA) is 109 Å². The van der Waals surface area contributed by atoms with Crippen molar-refractivity contribution in [2.75, 3.05) is 36.4 Å². The molecule has 2 amide bonds. The first kappa shape index (κ1) is 22.2. The van der Waals surface area contributed by atoms with Gasteiger partial charge in [-0.3, -0.25) is 24.7 Å². The Balaban J connectivity index is 1.36. The van der Waals surface area contributed by atoms with Gasteiger partial charge in [-0.05, 0) is 42.5 Å². The third-order valence-electron chi connectivity index (χ3n) is 5.39. The molecule has 2 aromatic carbocycles. The normalized spacial score (nSPS) is 13.5. The second-order valence-electron chi connectivity index (χ2n) is 7.44. The maximum absolute atomic E-state index is 12.6. The zero-order chi connectivity index (χ0) is 23.4. The standard InChI is InChI=1S/C23H20ClN5O4/c24-21-6-5-19(29(32)33)15-20(21)22(30)26-17-1-3-18(4-2-17)27-11-13-28(14-12-27)23(31)16-7-9-25-10-8-16/h1-10,15H,11-14H2,(H,26,30). The molecule has 0 unspecified atom stereocenters. The average Bonchev–Trinajstić information content (AvgIpc) is 2.85. The molecule has 0 atom stereocenters. The molecule has 4 rings (SSSR count). The maximum atomic E-state index is 12.6. The van der Waals surface area contributed by atoms with Crippen LogP contribution in [0.1, 0.15) is 20.7 Å². The summed E-state index contributed by atoms with van der Waals surface area (Å²) in [5.41, 5.74) is 1.96. The molecule has 0 spiro atoms. The van der Waals surface area contributed by atoms with Crippen LogP contribution in [0.5, 0.6) is 0 Å². The molecule has 0 radical (unpaired) electrons. The molecule has 0 bridgehead atoms. The van der Waals surface area contributed by atoms with Gasteiger partial charge in [-0.2, -0.15) is 0 Å². The first-order valence-corrected chi connectivity index (χ1v) is 10.6. The minimum Gasteiger partial charge on any atom is -0.368 e. The highest BCUT2D eigenvalue weighted by atomic mass is 35.5. The molecule has 1 aromatic heterocycles. The van der Waals surface area contributed by atoms with Gasteiger partial charge in [0.25, 0.3) is 17.5 Å². The Morgan fingerprint density at radius 2 is 1.64 bits per heavy atom. The van der Waals surface area contributed by atoms with Crippen molar-refractivity contribution in [3.63, 3.8) is 0 Å². The Hall–Kier alpha value is -3.98. The quantitative estimate of drug-likeness (QED) is 0.452. The van der Waals surface area contributed by atoms with E-state index in [0.717, 1.165) is 11.8 Å². The third kappa shape index (κ3) is 5.09. The van der Waals surface area contributed by atoms with Crippen LogP contribution in [0, 0.1) is 10.1 Å². The summed E-state index contributed by atoms with van der Waals surface area (Å²) in [6.45, 7) is 2.58. The second-order valence-corrected chi connectivity index (χ2v) is 7.84. The fraction of sp³-hybridized carbons (Fsp3) is 0.174. The number of benzene rings is 2. The van der Waals surface area contributed by atoms with Crippen LogP contribution in [0.25, 0.3) is 0 Å². The van der Waals surface area contributed by atoms with E-state index in [2.05, 4.69) is 15.2 Å². The molecule has 2 heterocycles. The predicted octanol–water partition coefficient (Wildman–Crippen LogP) is 3.86. The molecule has 33 heavy (non-hydrogen) atoms. The Bertz CT molecular complexity index is 1180. The van der Waals surface area contributed by atoms with Gasteiger partial charge in [0.2, 0.25) is 0 Å². The third-order valence-corrected chi connectivity index (χ3v) is 5.72. The average molecular weight is 466 g/mol.